The maximum atomic E-state index is 13.5. The van der Waals surface area contributed by atoms with Gasteiger partial charge < -0.3 is 9.47 Å². The number of hydrogen-bond acceptors (Lipinski definition) is 4. The monoisotopic (exact) mass is 419 g/mol. The number of aromatic nitrogens is 4. The number of aryl methyl sites for hydroxylation is 1. The zero-order valence-electron chi connectivity index (χ0n) is 17.3. The van der Waals surface area contributed by atoms with E-state index < -0.39 is 5.69 Å². The van der Waals surface area contributed by atoms with Crippen LogP contribution in [-0.2, 0) is 20.1 Å². The van der Waals surface area contributed by atoms with Gasteiger partial charge in [-0.15, -0.1) is 0 Å². The van der Waals surface area contributed by atoms with Gasteiger partial charge >= 0.3 is 5.69 Å². The van der Waals surface area contributed by atoms with Crippen LogP contribution in [-0.4, -0.2) is 25.2 Å². The van der Waals surface area contributed by atoms with E-state index in [0.29, 0.717) is 29.2 Å². The third kappa shape index (κ3) is 3.15. The van der Waals surface area contributed by atoms with E-state index in [9.17, 15) is 14.0 Å². The molecular weight excluding hydrogens is 397 g/mol. The number of hydrogen-bond donors (Lipinski definition) is 0. The van der Waals surface area contributed by atoms with Crippen molar-refractivity contribution >= 4 is 22.8 Å². The highest BCUT2D eigenvalue weighted by Crippen LogP contribution is 2.32. The molecule has 3 heterocycles. The Balaban J connectivity index is 1.72. The van der Waals surface area contributed by atoms with Crippen molar-refractivity contribution in [1.82, 2.24) is 18.7 Å². The maximum Gasteiger partial charge on any atom is 0.332 e. The summed E-state index contributed by atoms with van der Waals surface area (Å²) in [5, 5.41) is 0. The minimum atomic E-state index is -0.448. The first-order valence-electron chi connectivity index (χ1n) is 10.2. The van der Waals surface area contributed by atoms with Crippen LogP contribution in [0.3, 0.4) is 0 Å². The first-order chi connectivity index (χ1) is 14.9. The van der Waals surface area contributed by atoms with Gasteiger partial charge in [0.05, 0.1) is 6.54 Å². The summed E-state index contributed by atoms with van der Waals surface area (Å²) in [7, 11) is 1.63. The van der Waals surface area contributed by atoms with E-state index in [-0.39, 0.29) is 23.8 Å². The number of anilines is 2. The number of imidazole rings is 1. The molecule has 31 heavy (non-hydrogen) atoms. The zero-order chi connectivity index (χ0) is 21.7. The van der Waals surface area contributed by atoms with Crippen LogP contribution in [0.5, 0.6) is 0 Å². The van der Waals surface area contributed by atoms with Gasteiger partial charge in [0.1, 0.15) is 5.82 Å². The third-order valence-electron chi connectivity index (χ3n) is 5.76. The number of benzene rings is 2. The fourth-order valence-corrected chi connectivity index (χ4v) is 4.24. The molecule has 0 fully saturated rings. The summed E-state index contributed by atoms with van der Waals surface area (Å²) in [6.45, 7) is 3.61. The van der Waals surface area contributed by atoms with Crippen LogP contribution in [0.25, 0.3) is 11.2 Å². The fraction of sp³-hybridized carbons (Fsp3) is 0.261. The first-order valence-corrected chi connectivity index (χ1v) is 10.2. The molecule has 1 aliphatic heterocycles. The average molecular weight is 419 g/mol. The molecule has 0 bridgehead atoms. The molecular formula is C23H22FN5O2. The second kappa shape index (κ2) is 7.23. The Bertz CT molecular complexity index is 1390. The van der Waals surface area contributed by atoms with Crippen molar-refractivity contribution in [1.29, 1.82) is 0 Å². The van der Waals surface area contributed by atoms with E-state index in [2.05, 4.69) is 11.8 Å². The van der Waals surface area contributed by atoms with Crippen molar-refractivity contribution < 1.29 is 4.39 Å². The Morgan fingerprint density at radius 1 is 1.03 bits per heavy atom. The highest BCUT2D eigenvalue weighted by molar-refractivity contribution is 5.77. The molecule has 0 aliphatic carbocycles. The molecule has 158 valence electrons. The van der Waals surface area contributed by atoms with Crippen LogP contribution in [0.15, 0.2) is 64.2 Å². The van der Waals surface area contributed by atoms with Gasteiger partial charge in [0.15, 0.2) is 11.2 Å². The van der Waals surface area contributed by atoms with Gasteiger partial charge in [-0.25, -0.2) is 9.18 Å². The molecule has 0 radical (unpaired) electrons. The molecule has 0 saturated heterocycles. The van der Waals surface area contributed by atoms with Crippen molar-refractivity contribution in [3.8, 4) is 0 Å². The van der Waals surface area contributed by atoms with Crippen LogP contribution in [0.1, 0.15) is 12.5 Å². The lowest BCUT2D eigenvalue weighted by Crippen LogP contribution is -2.40. The molecule has 1 atom stereocenters. The quantitative estimate of drug-likeness (QED) is 0.512. The number of fused-ring (bicyclic) bond motifs is 3. The molecule has 0 unspecified atom stereocenters. The van der Waals surface area contributed by atoms with Gasteiger partial charge in [0.2, 0.25) is 5.95 Å². The molecule has 0 spiro atoms. The maximum absolute atomic E-state index is 13.5. The predicted octanol–water partition coefficient (Wildman–Crippen LogP) is 2.87. The summed E-state index contributed by atoms with van der Waals surface area (Å²) in [5.74, 6) is 0.581. The van der Waals surface area contributed by atoms with E-state index in [4.69, 9.17) is 4.98 Å². The Morgan fingerprint density at radius 2 is 1.74 bits per heavy atom. The largest absolute Gasteiger partial charge is 0.332 e. The predicted molar refractivity (Wildman–Crippen MR) is 117 cm³/mol. The van der Waals surface area contributed by atoms with Crippen molar-refractivity contribution in [3.05, 3.63) is 86.8 Å². The molecule has 0 N–H and O–H groups in total. The lowest BCUT2D eigenvalue weighted by Gasteiger charge is -2.32. The van der Waals surface area contributed by atoms with Gasteiger partial charge in [-0.1, -0.05) is 37.3 Å². The van der Waals surface area contributed by atoms with Crippen LogP contribution in [0, 0.1) is 11.7 Å². The van der Waals surface area contributed by atoms with Gasteiger partial charge in [0.25, 0.3) is 5.56 Å². The second-order valence-corrected chi connectivity index (χ2v) is 8.11. The number of para-hydroxylation sites is 1. The molecule has 2 aromatic carbocycles. The summed E-state index contributed by atoms with van der Waals surface area (Å²) in [5.41, 5.74) is 1.61. The Kier molecular flexibility index (Phi) is 4.50. The average Bonchev–Trinajstić information content (AvgIpc) is 3.16. The Morgan fingerprint density at radius 3 is 2.45 bits per heavy atom. The van der Waals surface area contributed by atoms with Gasteiger partial charge in [-0.05, 0) is 35.7 Å². The minimum Gasteiger partial charge on any atom is -0.312 e. The highest BCUT2D eigenvalue weighted by atomic mass is 19.1. The highest BCUT2D eigenvalue weighted by Gasteiger charge is 2.29. The summed E-state index contributed by atoms with van der Waals surface area (Å²) in [6.07, 6.45) is 0. The van der Waals surface area contributed by atoms with E-state index in [0.717, 1.165) is 12.2 Å². The Labute approximate surface area is 177 Å². The minimum absolute atomic E-state index is 0.0696. The van der Waals surface area contributed by atoms with Crippen molar-refractivity contribution in [2.24, 2.45) is 13.0 Å². The first kappa shape index (κ1) is 19.3. The topological polar surface area (TPSA) is 65.1 Å². The summed E-state index contributed by atoms with van der Waals surface area (Å²) in [6, 6.07) is 15.7. The smallest absolute Gasteiger partial charge is 0.312 e. The molecule has 1 aliphatic rings. The Hall–Kier alpha value is -3.68. The molecule has 7 nitrogen and oxygen atoms in total. The fourth-order valence-electron chi connectivity index (χ4n) is 4.24. The van der Waals surface area contributed by atoms with Crippen molar-refractivity contribution in [3.63, 3.8) is 0 Å². The van der Waals surface area contributed by atoms with E-state index in [1.54, 1.807) is 19.2 Å². The molecule has 8 heteroatoms. The molecule has 0 saturated carbocycles. The van der Waals surface area contributed by atoms with Gasteiger partial charge in [-0.3, -0.25) is 13.9 Å². The summed E-state index contributed by atoms with van der Waals surface area (Å²) in [4.78, 5) is 33.2. The van der Waals surface area contributed by atoms with Crippen molar-refractivity contribution in [2.45, 2.75) is 20.0 Å². The van der Waals surface area contributed by atoms with E-state index in [1.807, 2.05) is 34.9 Å². The lowest BCUT2D eigenvalue weighted by atomic mass is 10.1. The van der Waals surface area contributed by atoms with Gasteiger partial charge in [-0.2, -0.15) is 4.98 Å². The standard InChI is InChI=1S/C23H22FN5O2/c1-15-12-27(18-6-4-3-5-7-18)22-25-20-19(28(22)13-15)21(30)29(23(31)26(20)2)14-16-8-10-17(24)11-9-16/h3-11,15H,12-14H2,1-2H3/t15-/m0/s1. The SMILES string of the molecule is C[C@H]1CN(c2ccccc2)c2nc3c(c(=O)n(Cc4ccc(F)cc4)c(=O)n3C)n2C1. The van der Waals surface area contributed by atoms with Crippen molar-refractivity contribution in [2.75, 3.05) is 11.4 Å². The molecule has 4 aromatic rings. The van der Waals surface area contributed by atoms with E-state index in [1.165, 1.54) is 21.3 Å². The third-order valence-corrected chi connectivity index (χ3v) is 5.76. The summed E-state index contributed by atoms with van der Waals surface area (Å²) < 4.78 is 17.8. The van der Waals surface area contributed by atoms with Crippen LogP contribution in [0.4, 0.5) is 16.0 Å². The summed E-state index contributed by atoms with van der Waals surface area (Å²) >= 11 is 0. The molecule has 5 rings (SSSR count). The van der Waals surface area contributed by atoms with Crippen LogP contribution in [0.2, 0.25) is 0 Å². The second-order valence-electron chi connectivity index (χ2n) is 8.11. The zero-order valence-corrected chi connectivity index (χ0v) is 17.3. The number of nitrogens with zero attached hydrogens (tertiary/aromatic N) is 5. The van der Waals surface area contributed by atoms with Crippen LogP contribution >= 0.6 is 0 Å². The van der Waals surface area contributed by atoms with Gasteiger partial charge in [0, 0.05) is 25.8 Å². The number of halogens is 1. The lowest BCUT2D eigenvalue weighted by molar-refractivity contribution is 0.458. The van der Waals surface area contributed by atoms with E-state index >= 15 is 0 Å². The normalized spacial score (nSPS) is 16.0. The molecule has 0 amide bonds. The molecule has 2 aromatic heterocycles. The number of rotatable bonds is 3. The van der Waals surface area contributed by atoms with Crippen LogP contribution < -0.4 is 16.1 Å².